The van der Waals surface area contributed by atoms with E-state index in [2.05, 4.69) is 32.2 Å². The van der Waals surface area contributed by atoms with Crippen molar-refractivity contribution in [3.05, 3.63) is 64.9 Å². The molecule has 5 nitrogen and oxygen atoms in total. The number of amides is 2. The molecule has 0 radical (unpaired) electrons. The molecule has 0 aliphatic heterocycles. The molecule has 0 saturated carbocycles. The Balaban J connectivity index is 1.79. The molecule has 5 heteroatoms. The molecule has 1 N–H and O–H groups in total. The van der Waals surface area contributed by atoms with Crippen LogP contribution in [-0.4, -0.2) is 30.8 Å². The summed E-state index contributed by atoms with van der Waals surface area (Å²) in [6.45, 7) is 6.39. The number of fused-ring (bicyclic) bond motifs is 1. The zero-order chi connectivity index (χ0) is 20.4. The second kappa shape index (κ2) is 7.89. The van der Waals surface area contributed by atoms with Crippen LogP contribution in [0.25, 0.3) is 11.0 Å². The summed E-state index contributed by atoms with van der Waals surface area (Å²) in [7, 11) is 3.40. The minimum Gasteiger partial charge on any atom is -0.464 e. The van der Waals surface area contributed by atoms with E-state index in [-0.39, 0.29) is 18.2 Å². The summed E-state index contributed by atoms with van der Waals surface area (Å²) in [6, 6.07) is 11.1. The largest absolute Gasteiger partial charge is 0.464 e. The first kappa shape index (κ1) is 19.7. The van der Waals surface area contributed by atoms with Crippen molar-refractivity contribution in [3.63, 3.8) is 0 Å². The molecular formula is C23H26N2O3. The number of carbonyl (C=O) groups is 2. The smallest absolute Gasteiger partial charge is 0.253 e. The van der Waals surface area contributed by atoms with Crippen molar-refractivity contribution in [2.45, 2.75) is 33.1 Å². The maximum absolute atomic E-state index is 12.6. The molecule has 0 unspecified atom stereocenters. The number of rotatable bonds is 5. The maximum atomic E-state index is 12.6. The zero-order valence-corrected chi connectivity index (χ0v) is 17.0. The van der Waals surface area contributed by atoms with Crippen molar-refractivity contribution in [3.8, 4) is 0 Å². The van der Waals surface area contributed by atoms with E-state index >= 15 is 0 Å². The minimum atomic E-state index is -0.149. The van der Waals surface area contributed by atoms with Gasteiger partial charge in [-0.15, -0.1) is 0 Å². The number of furan rings is 1. The number of hydrogen-bond donors (Lipinski definition) is 1. The third-order valence-corrected chi connectivity index (χ3v) is 4.81. The van der Waals surface area contributed by atoms with E-state index in [9.17, 15) is 9.59 Å². The number of benzene rings is 2. The molecule has 0 saturated heterocycles. The monoisotopic (exact) mass is 378 g/mol. The highest BCUT2D eigenvalue weighted by molar-refractivity contribution is 5.98. The van der Waals surface area contributed by atoms with Crippen LogP contribution in [0.5, 0.6) is 0 Å². The highest BCUT2D eigenvalue weighted by Crippen LogP contribution is 2.29. The molecule has 0 fully saturated rings. The van der Waals surface area contributed by atoms with Crippen LogP contribution in [0.2, 0.25) is 0 Å². The van der Waals surface area contributed by atoms with Crippen molar-refractivity contribution in [2.75, 3.05) is 19.4 Å². The van der Waals surface area contributed by atoms with Gasteiger partial charge in [-0.3, -0.25) is 9.59 Å². The summed E-state index contributed by atoms with van der Waals surface area (Å²) in [5, 5.41) is 3.85. The predicted octanol–water partition coefficient (Wildman–Crippen LogP) is 4.75. The molecule has 1 heterocycles. The Morgan fingerprint density at radius 3 is 2.57 bits per heavy atom. The van der Waals surface area contributed by atoms with Crippen LogP contribution >= 0.6 is 0 Å². The lowest BCUT2D eigenvalue weighted by Gasteiger charge is -2.12. The molecule has 28 heavy (non-hydrogen) atoms. The molecular weight excluding hydrogens is 352 g/mol. The van der Waals surface area contributed by atoms with Gasteiger partial charge in [-0.05, 0) is 54.3 Å². The van der Waals surface area contributed by atoms with Gasteiger partial charge in [0.2, 0.25) is 5.91 Å². The Morgan fingerprint density at radius 1 is 1.14 bits per heavy atom. The number of nitrogens with zero attached hydrogens (tertiary/aromatic N) is 1. The third kappa shape index (κ3) is 4.09. The van der Waals surface area contributed by atoms with Crippen molar-refractivity contribution in [1.29, 1.82) is 0 Å². The second-order valence-electron chi connectivity index (χ2n) is 7.63. The molecule has 3 aromatic rings. The van der Waals surface area contributed by atoms with Gasteiger partial charge in [-0.1, -0.05) is 19.9 Å². The molecule has 0 spiro atoms. The summed E-state index contributed by atoms with van der Waals surface area (Å²) in [5.74, 6) is 0.148. The van der Waals surface area contributed by atoms with Crippen LogP contribution in [0.3, 0.4) is 0 Å². The van der Waals surface area contributed by atoms with E-state index in [1.807, 2.05) is 6.07 Å². The number of carbonyl (C=O) groups excluding carboxylic acids is 2. The SMILES string of the molecule is Cc1cc2occ(CC(=O)Nc3cccc(C(=O)N(C)C)c3)c2cc1C(C)C. The lowest BCUT2D eigenvalue weighted by Crippen LogP contribution is -2.22. The number of nitrogens with one attached hydrogen (secondary N) is 1. The number of hydrogen-bond acceptors (Lipinski definition) is 3. The fourth-order valence-electron chi connectivity index (χ4n) is 3.37. The average molecular weight is 378 g/mol. The van der Waals surface area contributed by atoms with E-state index in [1.165, 1.54) is 16.0 Å². The molecule has 146 valence electrons. The van der Waals surface area contributed by atoms with Gasteiger partial charge in [0.15, 0.2) is 0 Å². The normalized spacial score (nSPS) is 11.1. The summed E-state index contributed by atoms with van der Waals surface area (Å²) in [4.78, 5) is 26.2. The Kier molecular flexibility index (Phi) is 5.54. The van der Waals surface area contributed by atoms with Gasteiger partial charge in [-0.2, -0.15) is 0 Å². The van der Waals surface area contributed by atoms with Gasteiger partial charge < -0.3 is 14.6 Å². The molecule has 0 bridgehead atoms. The molecule has 2 aromatic carbocycles. The number of anilines is 1. The lowest BCUT2D eigenvalue weighted by atomic mass is 9.95. The van der Waals surface area contributed by atoms with E-state index in [0.717, 1.165) is 16.5 Å². The highest BCUT2D eigenvalue weighted by Gasteiger charge is 2.15. The second-order valence-corrected chi connectivity index (χ2v) is 7.63. The van der Waals surface area contributed by atoms with E-state index in [1.54, 1.807) is 44.6 Å². The molecule has 3 rings (SSSR count). The first-order valence-corrected chi connectivity index (χ1v) is 9.38. The molecule has 2 amide bonds. The standard InChI is InChI=1S/C23H26N2O3/c1-14(2)19-12-20-17(13-28-21(20)9-15(19)3)11-22(26)24-18-8-6-7-16(10-18)23(27)25(4)5/h6-10,12-14H,11H2,1-5H3,(H,24,26). The fourth-order valence-corrected chi connectivity index (χ4v) is 3.37. The molecule has 0 aliphatic rings. The molecule has 0 atom stereocenters. The van der Waals surface area contributed by atoms with Crippen LogP contribution in [-0.2, 0) is 11.2 Å². The first-order chi connectivity index (χ1) is 13.3. The first-order valence-electron chi connectivity index (χ1n) is 9.38. The third-order valence-electron chi connectivity index (χ3n) is 4.81. The average Bonchev–Trinajstić information content (AvgIpc) is 3.01. The van der Waals surface area contributed by atoms with Crippen LogP contribution in [0, 0.1) is 6.92 Å². The number of aryl methyl sites for hydroxylation is 1. The van der Waals surface area contributed by atoms with Crippen molar-refractivity contribution in [1.82, 2.24) is 4.90 Å². The summed E-state index contributed by atoms with van der Waals surface area (Å²) in [6.07, 6.45) is 1.86. The predicted molar refractivity (Wildman–Crippen MR) is 112 cm³/mol. The topological polar surface area (TPSA) is 62.6 Å². The molecule has 0 aliphatic carbocycles. The zero-order valence-electron chi connectivity index (χ0n) is 17.0. The van der Waals surface area contributed by atoms with E-state index in [4.69, 9.17) is 4.42 Å². The van der Waals surface area contributed by atoms with Crippen LogP contribution in [0.15, 0.2) is 47.1 Å². The minimum absolute atomic E-state index is 0.103. The summed E-state index contributed by atoms with van der Waals surface area (Å²) >= 11 is 0. The molecule has 1 aromatic heterocycles. The summed E-state index contributed by atoms with van der Waals surface area (Å²) in [5.41, 5.74) is 5.23. The maximum Gasteiger partial charge on any atom is 0.253 e. The van der Waals surface area contributed by atoms with Gasteiger partial charge in [0.1, 0.15) is 5.58 Å². The Bertz CT molecular complexity index is 1030. The summed E-state index contributed by atoms with van der Waals surface area (Å²) < 4.78 is 5.66. The van der Waals surface area contributed by atoms with Crippen LogP contribution < -0.4 is 5.32 Å². The Morgan fingerprint density at radius 2 is 1.89 bits per heavy atom. The van der Waals surface area contributed by atoms with E-state index < -0.39 is 0 Å². The van der Waals surface area contributed by atoms with Crippen molar-refractivity contribution < 1.29 is 14.0 Å². The highest BCUT2D eigenvalue weighted by atomic mass is 16.3. The van der Waals surface area contributed by atoms with Gasteiger partial charge >= 0.3 is 0 Å². The Hall–Kier alpha value is -3.08. The fraction of sp³-hybridized carbons (Fsp3) is 0.304. The van der Waals surface area contributed by atoms with Crippen LogP contribution in [0.4, 0.5) is 5.69 Å². The quantitative estimate of drug-likeness (QED) is 0.697. The van der Waals surface area contributed by atoms with Gasteiger partial charge in [0.25, 0.3) is 5.91 Å². The van der Waals surface area contributed by atoms with Gasteiger partial charge in [0, 0.05) is 36.3 Å². The van der Waals surface area contributed by atoms with Gasteiger partial charge in [0.05, 0.1) is 12.7 Å². The van der Waals surface area contributed by atoms with E-state index in [0.29, 0.717) is 17.2 Å². The lowest BCUT2D eigenvalue weighted by molar-refractivity contribution is -0.115. The van der Waals surface area contributed by atoms with Crippen molar-refractivity contribution >= 4 is 28.5 Å². The van der Waals surface area contributed by atoms with Gasteiger partial charge in [-0.25, -0.2) is 0 Å². The van der Waals surface area contributed by atoms with Crippen molar-refractivity contribution in [2.24, 2.45) is 0 Å². The van der Waals surface area contributed by atoms with Crippen LogP contribution in [0.1, 0.15) is 46.8 Å². The Labute approximate surface area is 165 Å².